The molecule has 0 aliphatic heterocycles. The van der Waals surface area contributed by atoms with Crippen molar-refractivity contribution in [3.63, 3.8) is 0 Å². The second kappa shape index (κ2) is 38.9. The SMILES string of the molecule is CCCCCCCCCBr.CCCCCCCCCOCCCO.OCCCO. The Morgan fingerprint density at radius 3 is 1.24 bits per heavy atom. The summed E-state index contributed by atoms with van der Waals surface area (Å²) in [5.41, 5.74) is 0. The Morgan fingerprint density at radius 1 is 0.483 bits per heavy atom. The first-order valence-corrected chi connectivity index (χ1v) is 13.3. The van der Waals surface area contributed by atoms with E-state index >= 15 is 0 Å². The molecule has 0 aromatic heterocycles. The van der Waals surface area contributed by atoms with Gasteiger partial charge >= 0.3 is 0 Å². The highest BCUT2D eigenvalue weighted by atomic mass is 79.9. The molecule has 0 amide bonds. The fourth-order valence-electron chi connectivity index (χ4n) is 2.55. The number of hydrogen-bond acceptors (Lipinski definition) is 4. The molecule has 0 rings (SSSR count). The maximum absolute atomic E-state index is 8.51. The van der Waals surface area contributed by atoms with Crippen LogP contribution >= 0.6 is 15.9 Å². The first-order chi connectivity index (χ1) is 14.2. The molecule has 0 bridgehead atoms. The molecule has 3 N–H and O–H groups in total. The molecule has 0 aliphatic carbocycles. The van der Waals surface area contributed by atoms with E-state index in [1.54, 1.807) is 0 Å². The summed E-state index contributed by atoms with van der Waals surface area (Å²) in [5, 5.41) is 25.5. The van der Waals surface area contributed by atoms with Crippen LogP contribution in [0.3, 0.4) is 0 Å². The Balaban J connectivity index is -0.000000392. The van der Waals surface area contributed by atoms with Gasteiger partial charge in [0.2, 0.25) is 0 Å². The summed E-state index contributed by atoms with van der Waals surface area (Å²) < 4.78 is 5.34. The first kappa shape index (κ1) is 33.9. The van der Waals surface area contributed by atoms with Gasteiger partial charge in [0.05, 0.1) is 0 Å². The van der Waals surface area contributed by atoms with Crippen LogP contribution in [0.5, 0.6) is 0 Å². The molecule has 5 heteroatoms. The van der Waals surface area contributed by atoms with E-state index in [0.29, 0.717) is 13.0 Å². The maximum atomic E-state index is 8.51. The van der Waals surface area contributed by atoms with Crippen LogP contribution in [0.25, 0.3) is 0 Å². The Labute approximate surface area is 191 Å². The van der Waals surface area contributed by atoms with Gasteiger partial charge in [-0.2, -0.15) is 0 Å². The monoisotopic (exact) mass is 484 g/mol. The predicted molar refractivity (Wildman–Crippen MR) is 131 cm³/mol. The number of hydrogen-bond donors (Lipinski definition) is 3. The summed E-state index contributed by atoms with van der Waals surface area (Å²) in [7, 11) is 0. The highest BCUT2D eigenvalue weighted by molar-refractivity contribution is 9.09. The van der Waals surface area contributed by atoms with E-state index in [-0.39, 0.29) is 19.8 Å². The van der Waals surface area contributed by atoms with Crippen LogP contribution in [0.4, 0.5) is 0 Å². The lowest BCUT2D eigenvalue weighted by Crippen LogP contribution is -1.98. The van der Waals surface area contributed by atoms with Crippen molar-refractivity contribution in [1.82, 2.24) is 0 Å². The smallest absolute Gasteiger partial charge is 0.0487 e. The lowest BCUT2D eigenvalue weighted by molar-refractivity contribution is 0.112. The third-order valence-corrected chi connectivity index (χ3v) is 4.95. The molecule has 0 saturated heterocycles. The predicted octanol–water partition coefficient (Wildman–Crippen LogP) is 6.63. The van der Waals surface area contributed by atoms with Gasteiger partial charge in [-0.05, 0) is 25.7 Å². The molecule has 0 aromatic carbocycles. The third-order valence-electron chi connectivity index (χ3n) is 4.39. The Morgan fingerprint density at radius 2 is 0.862 bits per heavy atom. The Bertz CT molecular complexity index is 209. The number of rotatable bonds is 20. The maximum Gasteiger partial charge on any atom is 0.0487 e. The van der Waals surface area contributed by atoms with E-state index in [1.165, 1.54) is 95.2 Å². The summed E-state index contributed by atoms with van der Waals surface area (Å²) in [6.45, 7) is 6.53. The van der Waals surface area contributed by atoms with Crippen LogP contribution in [0.1, 0.15) is 117 Å². The summed E-state index contributed by atoms with van der Waals surface area (Å²) in [5.74, 6) is 0. The molecule has 0 radical (unpaired) electrons. The van der Waals surface area contributed by atoms with Gasteiger partial charge < -0.3 is 20.1 Å². The van der Waals surface area contributed by atoms with Crippen molar-refractivity contribution >= 4 is 15.9 Å². The molecule has 0 spiro atoms. The highest BCUT2D eigenvalue weighted by Gasteiger charge is 1.91. The van der Waals surface area contributed by atoms with Crippen molar-refractivity contribution in [2.24, 2.45) is 0 Å². The van der Waals surface area contributed by atoms with Gasteiger partial charge in [0.1, 0.15) is 0 Å². The summed E-state index contributed by atoms with van der Waals surface area (Å²) in [6.07, 6.45) is 20.4. The molecule has 0 aromatic rings. The molecular formula is C24H53BrO4. The van der Waals surface area contributed by atoms with Gasteiger partial charge in [0.25, 0.3) is 0 Å². The fourth-order valence-corrected chi connectivity index (χ4v) is 2.95. The third kappa shape index (κ3) is 47.5. The molecular weight excluding hydrogens is 432 g/mol. The molecule has 0 heterocycles. The van der Waals surface area contributed by atoms with Crippen LogP contribution in [0.2, 0.25) is 0 Å². The largest absolute Gasteiger partial charge is 0.396 e. The minimum atomic E-state index is 0.0938. The summed E-state index contributed by atoms with van der Waals surface area (Å²) in [6, 6.07) is 0. The Hall–Kier alpha value is 0.320. The molecule has 4 nitrogen and oxygen atoms in total. The minimum Gasteiger partial charge on any atom is -0.396 e. The van der Waals surface area contributed by atoms with Gasteiger partial charge in [-0.1, -0.05) is 107 Å². The van der Waals surface area contributed by atoms with Crippen molar-refractivity contribution in [2.45, 2.75) is 117 Å². The summed E-state index contributed by atoms with van der Waals surface area (Å²) in [4.78, 5) is 0. The zero-order valence-electron chi connectivity index (χ0n) is 19.7. The number of alkyl halides is 1. The normalized spacial score (nSPS) is 10.1. The molecule has 0 unspecified atom stereocenters. The van der Waals surface area contributed by atoms with Gasteiger partial charge in [-0.25, -0.2) is 0 Å². The molecule has 29 heavy (non-hydrogen) atoms. The molecule has 0 saturated carbocycles. The summed E-state index contributed by atoms with van der Waals surface area (Å²) >= 11 is 3.43. The lowest BCUT2D eigenvalue weighted by Gasteiger charge is -2.03. The van der Waals surface area contributed by atoms with Gasteiger partial charge in [-0.3, -0.25) is 0 Å². The second-order valence-corrected chi connectivity index (χ2v) is 8.21. The Kier molecular flexibility index (Phi) is 45.5. The molecule has 0 fully saturated rings. The van der Waals surface area contributed by atoms with Crippen molar-refractivity contribution in [1.29, 1.82) is 0 Å². The molecule has 0 aliphatic rings. The number of ether oxygens (including phenoxy) is 1. The molecule has 0 atom stereocenters. The average molecular weight is 486 g/mol. The lowest BCUT2D eigenvalue weighted by atomic mass is 10.1. The average Bonchev–Trinajstić information content (AvgIpc) is 2.74. The van der Waals surface area contributed by atoms with E-state index in [4.69, 9.17) is 20.1 Å². The van der Waals surface area contributed by atoms with E-state index < -0.39 is 0 Å². The van der Waals surface area contributed by atoms with Crippen molar-refractivity contribution < 1.29 is 20.1 Å². The zero-order chi connectivity index (χ0) is 22.3. The topological polar surface area (TPSA) is 69.9 Å². The van der Waals surface area contributed by atoms with Crippen LogP contribution in [0.15, 0.2) is 0 Å². The number of unbranched alkanes of at least 4 members (excludes halogenated alkanes) is 12. The standard InChI is InChI=1S/C12H26O2.C9H19Br.C3H8O2/c1-2-3-4-5-6-7-8-11-14-12-9-10-13;1-2-3-4-5-6-7-8-9-10;4-2-1-3-5/h13H,2-12H2,1H3;2-9H2,1H3;4-5H,1-3H2. The van der Waals surface area contributed by atoms with Crippen LogP contribution in [-0.2, 0) is 4.74 Å². The number of aliphatic hydroxyl groups excluding tert-OH is 3. The van der Waals surface area contributed by atoms with Crippen LogP contribution in [0, 0.1) is 0 Å². The van der Waals surface area contributed by atoms with E-state index in [2.05, 4.69) is 29.8 Å². The highest BCUT2D eigenvalue weighted by Crippen LogP contribution is 2.07. The van der Waals surface area contributed by atoms with Crippen molar-refractivity contribution in [3.8, 4) is 0 Å². The zero-order valence-corrected chi connectivity index (χ0v) is 21.3. The van der Waals surface area contributed by atoms with Gasteiger partial charge in [-0.15, -0.1) is 0 Å². The number of halogens is 1. The van der Waals surface area contributed by atoms with E-state index in [0.717, 1.165) is 13.0 Å². The van der Waals surface area contributed by atoms with Crippen molar-refractivity contribution in [2.75, 3.05) is 38.4 Å². The van der Waals surface area contributed by atoms with E-state index in [9.17, 15) is 0 Å². The second-order valence-electron chi connectivity index (χ2n) is 7.42. The van der Waals surface area contributed by atoms with Gasteiger partial charge in [0.15, 0.2) is 0 Å². The molecule has 180 valence electrons. The fraction of sp³-hybridized carbons (Fsp3) is 1.00. The quantitative estimate of drug-likeness (QED) is 0.134. The number of aliphatic hydroxyl groups is 3. The van der Waals surface area contributed by atoms with Crippen LogP contribution in [-0.4, -0.2) is 53.7 Å². The van der Waals surface area contributed by atoms with E-state index in [1.807, 2.05) is 0 Å². The first-order valence-electron chi connectivity index (χ1n) is 12.2. The minimum absolute atomic E-state index is 0.0938. The van der Waals surface area contributed by atoms with Crippen LogP contribution < -0.4 is 0 Å². The van der Waals surface area contributed by atoms with Crippen molar-refractivity contribution in [3.05, 3.63) is 0 Å². The van der Waals surface area contributed by atoms with Gasteiger partial charge in [0, 0.05) is 38.4 Å².